The van der Waals surface area contributed by atoms with E-state index in [2.05, 4.69) is 18.2 Å². The average Bonchev–Trinajstić information content (AvgIpc) is 2.17. The summed E-state index contributed by atoms with van der Waals surface area (Å²) in [5, 5.41) is 0. The van der Waals surface area contributed by atoms with Crippen molar-refractivity contribution in [3.8, 4) is 0 Å². The van der Waals surface area contributed by atoms with Crippen LogP contribution in [-0.4, -0.2) is 18.4 Å². The highest BCUT2D eigenvalue weighted by Crippen LogP contribution is 2.08. The smallest absolute Gasteiger partial charge is 0.379 e. The first-order chi connectivity index (χ1) is 6.63. The van der Waals surface area contributed by atoms with Crippen LogP contribution in [0.2, 0.25) is 0 Å². The number of hydrogen-bond acceptors (Lipinski definition) is 3. The van der Waals surface area contributed by atoms with Gasteiger partial charge >= 0.3 is 5.97 Å². The Morgan fingerprint density at radius 2 is 1.86 bits per heavy atom. The van der Waals surface area contributed by atoms with E-state index in [1.54, 1.807) is 6.92 Å². The van der Waals surface area contributed by atoms with Crippen molar-refractivity contribution in [1.29, 1.82) is 0 Å². The number of hydrogen-bond donors (Lipinski definition) is 0. The second kappa shape index (κ2) is 7.30. The van der Waals surface area contributed by atoms with E-state index in [0.29, 0.717) is 12.0 Å². The zero-order chi connectivity index (χ0) is 11.0. The summed E-state index contributed by atoms with van der Waals surface area (Å²) in [6.07, 6.45) is 3.63. The van der Waals surface area contributed by atoms with Crippen molar-refractivity contribution in [2.75, 3.05) is 6.61 Å². The highest BCUT2D eigenvalue weighted by Gasteiger charge is 2.17. The van der Waals surface area contributed by atoms with Crippen molar-refractivity contribution in [3.63, 3.8) is 0 Å². The lowest BCUT2D eigenvalue weighted by Crippen LogP contribution is -2.18. The van der Waals surface area contributed by atoms with Crippen molar-refractivity contribution in [2.45, 2.75) is 39.5 Å². The van der Waals surface area contributed by atoms with Gasteiger partial charge in [-0.05, 0) is 25.3 Å². The third-order valence-electron chi connectivity index (χ3n) is 1.86. The van der Waals surface area contributed by atoms with Crippen LogP contribution in [-0.2, 0) is 14.3 Å². The summed E-state index contributed by atoms with van der Waals surface area (Å²) in [7, 11) is 0. The van der Waals surface area contributed by atoms with Gasteiger partial charge in [-0.1, -0.05) is 26.3 Å². The highest BCUT2D eigenvalue weighted by atomic mass is 16.5. The summed E-state index contributed by atoms with van der Waals surface area (Å²) >= 11 is 0. The second-order valence-electron chi connectivity index (χ2n) is 3.11. The van der Waals surface area contributed by atoms with Gasteiger partial charge in [0.2, 0.25) is 0 Å². The van der Waals surface area contributed by atoms with Gasteiger partial charge in [-0.3, -0.25) is 4.79 Å². The first-order valence-corrected chi connectivity index (χ1v) is 5.02. The van der Waals surface area contributed by atoms with Gasteiger partial charge in [0, 0.05) is 0 Å². The Morgan fingerprint density at radius 3 is 2.36 bits per heavy atom. The first kappa shape index (κ1) is 12.9. The van der Waals surface area contributed by atoms with Crippen LogP contribution in [0.25, 0.3) is 0 Å². The maximum absolute atomic E-state index is 11.3. The van der Waals surface area contributed by atoms with E-state index in [0.717, 1.165) is 19.3 Å². The molecule has 0 bridgehead atoms. The van der Waals surface area contributed by atoms with E-state index in [4.69, 9.17) is 0 Å². The lowest BCUT2D eigenvalue weighted by atomic mass is 10.1. The third-order valence-corrected chi connectivity index (χ3v) is 1.86. The summed E-state index contributed by atoms with van der Waals surface area (Å²) in [4.78, 5) is 22.2. The molecule has 0 heterocycles. The largest absolute Gasteiger partial charge is 0.460 e. The number of esters is 1. The number of ether oxygens (including phenoxy) is 1. The monoisotopic (exact) mass is 198 g/mol. The Hall–Kier alpha value is -1.12. The van der Waals surface area contributed by atoms with E-state index in [1.165, 1.54) is 0 Å². The van der Waals surface area contributed by atoms with Crippen molar-refractivity contribution in [1.82, 2.24) is 0 Å². The molecule has 0 spiro atoms. The van der Waals surface area contributed by atoms with Gasteiger partial charge in [-0.15, -0.1) is 0 Å². The first-order valence-electron chi connectivity index (χ1n) is 5.02. The van der Waals surface area contributed by atoms with Crippen LogP contribution in [0.15, 0.2) is 12.2 Å². The summed E-state index contributed by atoms with van der Waals surface area (Å²) in [5.41, 5.74) is 0.358. The number of ketones is 1. The molecule has 0 atom stereocenters. The Bertz CT molecular complexity index is 219. The van der Waals surface area contributed by atoms with Crippen LogP contribution in [0.1, 0.15) is 39.5 Å². The van der Waals surface area contributed by atoms with Gasteiger partial charge in [-0.2, -0.15) is 0 Å². The molecular weight excluding hydrogens is 180 g/mol. The SMILES string of the molecule is C=C(CCCCC)C(=O)C(=O)OCC. The summed E-state index contributed by atoms with van der Waals surface area (Å²) in [5.74, 6) is -1.36. The number of carbonyl (C=O) groups is 2. The van der Waals surface area contributed by atoms with Gasteiger partial charge in [0.15, 0.2) is 0 Å². The van der Waals surface area contributed by atoms with E-state index in [1.807, 2.05) is 0 Å². The lowest BCUT2D eigenvalue weighted by molar-refractivity contribution is -0.151. The molecule has 0 saturated heterocycles. The van der Waals surface area contributed by atoms with Gasteiger partial charge in [0.05, 0.1) is 6.61 Å². The van der Waals surface area contributed by atoms with Crippen LogP contribution >= 0.6 is 0 Å². The van der Waals surface area contributed by atoms with Crippen molar-refractivity contribution >= 4 is 11.8 Å². The average molecular weight is 198 g/mol. The number of rotatable bonds is 7. The molecule has 3 heteroatoms. The van der Waals surface area contributed by atoms with Crippen LogP contribution in [0.5, 0.6) is 0 Å². The van der Waals surface area contributed by atoms with Crippen molar-refractivity contribution in [2.24, 2.45) is 0 Å². The molecule has 0 radical (unpaired) electrons. The van der Waals surface area contributed by atoms with Crippen molar-refractivity contribution in [3.05, 3.63) is 12.2 Å². The fraction of sp³-hybridized carbons (Fsp3) is 0.636. The van der Waals surface area contributed by atoms with Crippen LogP contribution in [0, 0.1) is 0 Å². The molecule has 0 unspecified atom stereocenters. The molecule has 0 aromatic heterocycles. The standard InChI is InChI=1S/C11H18O3/c1-4-6-7-8-9(3)10(12)11(13)14-5-2/h3-8H2,1-2H3. The number of unbranched alkanes of at least 4 members (excludes halogenated alkanes) is 2. The molecule has 0 amide bonds. The van der Waals surface area contributed by atoms with Gasteiger partial charge in [0.1, 0.15) is 0 Å². The zero-order valence-corrected chi connectivity index (χ0v) is 8.97. The molecule has 0 aromatic rings. The molecule has 80 valence electrons. The summed E-state index contributed by atoms with van der Waals surface area (Å²) < 4.78 is 4.58. The normalized spacial score (nSPS) is 9.57. The van der Waals surface area contributed by atoms with Gasteiger partial charge in [0.25, 0.3) is 5.78 Å². The molecule has 0 aliphatic heterocycles. The molecule has 0 aromatic carbocycles. The van der Waals surface area contributed by atoms with Gasteiger partial charge < -0.3 is 4.74 Å². The fourth-order valence-electron chi connectivity index (χ4n) is 1.04. The topological polar surface area (TPSA) is 43.4 Å². The highest BCUT2D eigenvalue weighted by molar-refractivity contribution is 6.40. The van der Waals surface area contributed by atoms with E-state index < -0.39 is 11.8 Å². The molecule has 0 aliphatic carbocycles. The minimum Gasteiger partial charge on any atom is -0.460 e. The summed E-state index contributed by atoms with van der Waals surface area (Å²) in [6.45, 7) is 7.56. The molecular formula is C11H18O3. The van der Waals surface area contributed by atoms with Crippen molar-refractivity contribution < 1.29 is 14.3 Å². The third kappa shape index (κ3) is 4.80. The van der Waals surface area contributed by atoms with Gasteiger partial charge in [-0.25, -0.2) is 4.79 Å². The molecule has 0 saturated carbocycles. The van der Waals surface area contributed by atoms with E-state index in [9.17, 15) is 9.59 Å². The Kier molecular flexibility index (Phi) is 6.72. The van der Waals surface area contributed by atoms with Crippen LogP contribution in [0.4, 0.5) is 0 Å². The van der Waals surface area contributed by atoms with Crippen LogP contribution < -0.4 is 0 Å². The lowest BCUT2D eigenvalue weighted by Gasteiger charge is -2.03. The predicted octanol–water partition coefficient (Wildman–Crippen LogP) is 2.26. The Labute approximate surface area is 85.1 Å². The van der Waals surface area contributed by atoms with E-state index in [-0.39, 0.29) is 6.61 Å². The Morgan fingerprint density at radius 1 is 1.21 bits per heavy atom. The molecule has 0 aliphatic rings. The molecule has 0 rings (SSSR count). The number of Topliss-reactive ketones (excluding diaryl/α,β-unsaturated/α-hetero) is 1. The predicted molar refractivity (Wildman–Crippen MR) is 54.9 cm³/mol. The minimum atomic E-state index is -0.783. The molecule has 0 N–H and O–H groups in total. The maximum atomic E-state index is 11.3. The van der Waals surface area contributed by atoms with E-state index >= 15 is 0 Å². The fourth-order valence-corrected chi connectivity index (χ4v) is 1.04. The Balaban J connectivity index is 3.87. The van der Waals surface area contributed by atoms with Crippen LogP contribution in [0.3, 0.4) is 0 Å². The zero-order valence-electron chi connectivity index (χ0n) is 8.97. The number of carbonyl (C=O) groups excluding carboxylic acids is 2. The second-order valence-corrected chi connectivity index (χ2v) is 3.11. The quantitative estimate of drug-likeness (QED) is 0.273. The molecule has 14 heavy (non-hydrogen) atoms. The molecule has 0 fully saturated rings. The maximum Gasteiger partial charge on any atom is 0.379 e. The summed E-state index contributed by atoms with van der Waals surface area (Å²) in [6, 6.07) is 0. The minimum absolute atomic E-state index is 0.229. The molecule has 3 nitrogen and oxygen atoms in total.